The van der Waals surface area contributed by atoms with Crippen LogP contribution in [-0.2, 0) is 6.54 Å². The second-order valence-electron chi connectivity index (χ2n) is 4.36. The van der Waals surface area contributed by atoms with Gasteiger partial charge in [-0.3, -0.25) is 0 Å². The van der Waals surface area contributed by atoms with Gasteiger partial charge in [0.15, 0.2) is 0 Å². The number of anilines is 1. The summed E-state index contributed by atoms with van der Waals surface area (Å²) in [5, 5.41) is 10.0. The first-order chi connectivity index (χ1) is 8.68. The second kappa shape index (κ2) is 5.56. The molecule has 0 aliphatic rings. The summed E-state index contributed by atoms with van der Waals surface area (Å²) in [5.41, 5.74) is 10.1. The molecule has 0 atom stereocenters. The van der Waals surface area contributed by atoms with E-state index in [0.717, 1.165) is 22.4 Å². The van der Waals surface area contributed by atoms with Crippen molar-refractivity contribution in [2.24, 2.45) is 0 Å². The van der Waals surface area contributed by atoms with E-state index in [1.54, 1.807) is 0 Å². The molecule has 0 spiro atoms. The molecule has 0 aliphatic carbocycles. The quantitative estimate of drug-likeness (QED) is 0.722. The lowest BCUT2D eigenvalue weighted by molar-refractivity contribution is 0.461. The van der Waals surface area contributed by atoms with E-state index in [1.807, 2.05) is 56.3 Å². The maximum absolute atomic E-state index is 10.0. The van der Waals surface area contributed by atoms with E-state index in [1.165, 1.54) is 0 Å². The van der Waals surface area contributed by atoms with Crippen molar-refractivity contribution in [1.29, 1.82) is 0 Å². The molecule has 0 amide bonds. The van der Waals surface area contributed by atoms with Crippen LogP contribution in [0.5, 0.6) is 5.75 Å². The van der Waals surface area contributed by atoms with Crippen molar-refractivity contribution in [3.8, 4) is 5.75 Å². The molecule has 0 radical (unpaired) electrons. The Balaban J connectivity index is 1.97. The normalized spacial score (nSPS) is 10.3. The van der Waals surface area contributed by atoms with Crippen LogP contribution in [0.2, 0.25) is 0 Å². The highest BCUT2D eigenvalue weighted by molar-refractivity contribution is 5.45. The van der Waals surface area contributed by atoms with Crippen molar-refractivity contribution in [2.45, 2.75) is 20.4 Å². The van der Waals surface area contributed by atoms with Gasteiger partial charge in [-0.05, 0) is 37.1 Å². The van der Waals surface area contributed by atoms with Crippen LogP contribution in [0.3, 0.4) is 0 Å². The van der Waals surface area contributed by atoms with Gasteiger partial charge in [0.25, 0.3) is 0 Å². The van der Waals surface area contributed by atoms with Gasteiger partial charge < -0.3 is 10.5 Å². The molecular formula is C15H18N2O. The molecule has 94 valence electrons. The van der Waals surface area contributed by atoms with Gasteiger partial charge in [0.05, 0.1) is 0 Å². The van der Waals surface area contributed by atoms with Crippen molar-refractivity contribution >= 4 is 5.69 Å². The maximum atomic E-state index is 10.0. The van der Waals surface area contributed by atoms with Crippen LogP contribution < -0.4 is 10.9 Å². The Labute approximate surface area is 107 Å². The maximum Gasteiger partial charge on any atom is 0.123 e. The number of aromatic hydroxyl groups is 1. The van der Waals surface area contributed by atoms with Crippen LogP contribution in [0.15, 0.2) is 42.5 Å². The van der Waals surface area contributed by atoms with Gasteiger partial charge in [0.1, 0.15) is 5.75 Å². The third-order valence-electron chi connectivity index (χ3n) is 3.07. The summed E-state index contributed by atoms with van der Waals surface area (Å²) < 4.78 is 0. The van der Waals surface area contributed by atoms with Crippen LogP contribution in [0, 0.1) is 13.8 Å². The van der Waals surface area contributed by atoms with Crippen molar-refractivity contribution in [1.82, 2.24) is 5.43 Å². The summed E-state index contributed by atoms with van der Waals surface area (Å²) in [6.45, 7) is 4.50. The standard InChI is InChI=1S/C15H18N2O/c1-11-8-9-13(15(18)12(11)2)10-16-17-14-6-4-3-5-7-14/h3-9,16-18H,10H2,1-2H3. The Morgan fingerprint density at radius 1 is 1.00 bits per heavy atom. The predicted octanol–water partition coefficient (Wildman–Crippen LogP) is 3.13. The van der Waals surface area contributed by atoms with Gasteiger partial charge in [-0.15, -0.1) is 0 Å². The van der Waals surface area contributed by atoms with Crippen molar-refractivity contribution in [2.75, 3.05) is 5.43 Å². The first-order valence-corrected chi connectivity index (χ1v) is 6.00. The van der Waals surface area contributed by atoms with Crippen LogP contribution >= 0.6 is 0 Å². The summed E-state index contributed by atoms with van der Waals surface area (Å²) in [5.74, 6) is 0.373. The Morgan fingerprint density at radius 2 is 1.72 bits per heavy atom. The number of nitrogens with one attached hydrogen (secondary N) is 2. The fourth-order valence-electron chi connectivity index (χ4n) is 1.76. The van der Waals surface area contributed by atoms with Crippen molar-refractivity contribution in [3.05, 3.63) is 59.2 Å². The highest BCUT2D eigenvalue weighted by Crippen LogP contribution is 2.24. The molecule has 0 fully saturated rings. The molecule has 3 N–H and O–H groups in total. The number of para-hydroxylation sites is 1. The average Bonchev–Trinajstić information content (AvgIpc) is 2.40. The summed E-state index contributed by atoms with van der Waals surface area (Å²) in [6.07, 6.45) is 0. The Kier molecular flexibility index (Phi) is 3.85. The van der Waals surface area contributed by atoms with Gasteiger partial charge in [-0.25, -0.2) is 5.43 Å². The molecular weight excluding hydrogens is 224 g/mol. The average molecular weight is 242 g/mol. The topological polar surface area (TPSA) is 44.3 Å². The summed E-state index contributed by atoms with van der Waals surface area (Å²) in [4.78, 5) is 0. The molecule has 3 heteroatoms. The largest absolute Gasteiger partial charge is 0.507 e. The molecule has 0 bridgehead atoms. The van der Waals surface area contributed by atoms with E-state index < -0.39 is 0 Å². The number of phenolic OH excluding ortho intramolecular Hbond substituents is 1. The molecule has 0 heterocycles. The minimum Gasteiger partial charge on any atom is -0.507 e. The number of phenols is 1. The summed E-state index contributed by atoms with van der Waals surface area (Å²) >= 11 is 0. The number of hydrogen-bond acceptors (Lipinski definition) is 3. The van der Waals surface area contributed by atoms with Crippen LogP contribution in [0.4, 0.5) is 5.69 Å². The van der Waals surface area contributed by atoms with Gasteiger partial charge >= 0.3 is 0 Å². The summed E-state index contributed by atoms with van der Waals surface area (Å²) in [7, 11) is 0. The predicted molar refractivity (Wildman–Crippen MR) is 74.5 cm³/mol. The van der Waals surface area contributed by atoms with E-state index in [2.05, 4.69) is 10.9 Å². The minimum absolute atomic E-state index is 0.373. The van der Waals surface area contributed by atoms with Gasteiger partial charge in [-0.2, -0.15) is 0 Å². The number of benzene rings is 2. The molecule has 0 aliphatic heterocycles. The molecule has 18 heavy (non-hydrogen) atoms. The van der Waals surface area contributed by atoms with E-state index in [4.69, 9.17) is 0 Å². The van der Waals surface area contributed by atoms with E-state index in [0.29, 0.717) is 12.3 Å². The van der Waals surface area contributed by atoms with Crippen LogP contribution in [0.25, 0.3) is 0 Å². The zero-order valence-corrected chi connectivity index (χ0v) is 10.7. The van der Waals surface area contributed by atoms with E-state index >= 15 is 0 Å². The smallest absolute Gasteiger partial charge is 0.123 e. The Morgan fingerprint density at radius 3 is 2.44 bits per heavy atom. The van der Waals surface area contributed by atoms with Crippen molar-refractivity contribution < 1.29 is 5.11 Å². The van der Waals surface area contributed by atoms with Gasteiger partial charge in [0.2, 0.25) is 0 Å². The third kappa shape index (κ3) is 2.81. The zero-order chi connectivity index (χ0) is 13.0. The van der Waals surface area contributed by atoms with Crippen molar-refractivity contribution in [3.63, 3.8) is 0 Å². The fourth-order valence-corrected chi connectivity index (χ4v) is 1.76. The molecule has 2 aromatic carbocycles. The number of hydrazine groups is 1. The number of rotatable bonds is 4. The van der Waals surface area contributed by atoms with E-state index in [-0.39, 0.29) is 0 Å². The lowest BCUT2D eigenvalue weighted by Gasteiger charge is -2.12. The van der Waals surface area contributed by atoms with E-state index in [9.17, 15) is 5.11 Å². The molecule has 3 nitrogen and oxygen atoms in total. The number of hydrogen-bond donors (Lipinski definition) is 3. The SMILES string of the molecule is Cc1ccc(CNNc2ccccc2)c(O)c1C. The highest BCUT2D eigenvalue weighted by atomic mass is 16.3. The monoisotopic (exact) mass is 242 g/mol. The third-order valence-corrected chi connectivity index (χ3v) is 3.07. The molecule has 0 aromatic heterocycles. The number of aryl methyl sites for hydroxylation is 1. The molecule has 0 saturated carbocycles. The fraction of sp³-hybridized carbons (Fsp3) is 0.200. The lowest BCUT2D eigenvalue weighted by Crippen LogP contribution is -2.20. The molecule has 2 aromatic rings. The first kappa shape index (κ1) is 12.5. The minimum atomic E-state index is 0.373. The van der Waals surface area contributed by atoms with Gasteiger partial charge in [0, 0.05) is 17.8 Å². The van der Waals surface area contributed by atoms with Crippen LogP contribution in [0.1, 0.15) is 16.7 Å². The lowest BCUT2D eigenvalue weighted by atomic mass is 10.0. The van der Waals surface area contributed by atoms with Crippen LogP contribution in [-0.4, -0.2) is 5.11 Å². The molecule has 0 saturated heterocycles. The molecule has 0 unspecified atom stereocenters. The first-order valence-electron chi connectivity index (χ1n) is 6.00. The second-order valence-corrected chi connectivity index (χ2v) is 4.36. The van der Waals surface area contributed by atoms with Gasteiger partial charge in [-0.1, -0.05) is 30.3 Å². The summed E-state index contributed by atoms with van der Waals surface area (Å²) in [6, 6.07) is 13.8. The Hall–Kier alpha value is -2.00. The zero-order valence-electron chi connectivity index (χ0n) is 10.7. The molecule has 2 rings (SSSR count). The highest BCUT2D eigenvalue weighted by Gasteiger charge is 2.05. The Bertz CT molecular complexity index is 524.